The van der Waals surface area contributed by atoms with Crippen molar-refractivity contribution in [1.82, 2.24) is 4.90 Å². The minimum absolute atomic E-state index is 0.00906. The van der Waals surface area contributed by atoms with E-state index in [1.165, 1.54) is 38.6 Å². The molecule has 0 spiro atoms. The van der Waals surface area contributed by atoms with Gasteiger partial charge in [0.1, 0.15) is 0 Å². The summed E-state index contributed by atoms with van der Waals surface area (Å²) in [6.07, 6.45) is 3.91. The maximum Gasteiger partial charge on any atom is 0.311 e. The summed E-state index contributed by atoms with van der Waals surface area (Å²) >= 11 is 0. The first-order valence-electron chi connectivity index (χ1n) is 8.37. The first-order valence-corrected chi connectivity index (χ1v) is 8.37. The molecule has 0 N–H and O–H groups in total. The molecule has 0 radical (unpaired) electrons. The highest BCUT2D eigenvalue weighted by molar-refractivity contribution is 5.99. The van der Waals surface area contributed by atoms with E-state index in [2.05, 4.69) is 17.0 Å². The van der Waals surface area contributed by atoms with Gasteiger partial charge in [-0.1, -0.05) is 12.1 Å². The van der Waals surface area contributed by atoms with Crippen LogP contribution in [0.4, 0.5) is 5.69 Å². The Kier molecular flexibility index (Phi) is 4.96. The van der Waals surface area contributed by atoms with Gasteiger partial charge in [-0.25, -0.2) is 0 Å². The maximum atomic E-state index is 12.1. The lowest BCUT2D eigenvalue weighted by molar-refractivity contribution is -0.145. The Morgan fingerprint density at radius 2 is 1.91 bits per heavy atom. The van der Waals surface area contributed by atoms with Crippen molar-refractivity contribution in [2.24, 2.45) is 5.92 Å². The van der Waals surface area contributed by atoms with Crippen molar-refractivity contribution < 1.29 is 14.3 Å². The molecule has 0 aliphatic carbocycles. The van der Waals surface area contributed by atoms with Crippen molar-refractivity contribution in [2.45, 2.75) is 25.7 Å². The summed E-state index contributed by atoms with van der Waals surface area (Å²) < 4.78 is 4.74. The Hall–Kier alpha value is -1.88. The molecule has 1 aromatic carbocycles. The van der Waals surface area contributed by atoms with Crippen LogP contribution in [0.25, 0.3) is 0 Å². The summed E-state index contributed by atoms with van der Waals surface area (Å²) in [5, 5.41) is 0. The molecule has 2 heterocycles. The number of rotatable bonds is 5. The molecule has 1 amide bonds. The number of hydrogen-bond donors (Lipinski definition) is 0. The molecule has 23 heavy (non-hydrogen) atoms. The van der Waals surface area contributed by atoms with Gasteiger partial charge in [0, 0.05) is 25.2 Å². The first kappa shape index (κ1) is 16.0. The molecule has 0 saturated carbocycles. The van der Waals surface area contributed by atoms with Crippen molar-refractivity contribution in [2.75, 3.05) is 38.2 Å². The van der Waals surface area contributed by atoms with E-state index in [1.54, 1.807) is 4.90 Å². The normalized spacial score (nSPS) is 21.9. The molecule has 0 aromatic heterocycles. The smallest absolute Gasteiger partial charge is 0.311 e. The number of carbonyl (C=O) groups excluding carboxylic acids is 2. The number of esters is 1. The van der Waals surface area contributed by atoms with Crippen LogP contribution in [-0.2, 0) is 20.7 Å². The van der Waals surface area contributed by atoms with Crippen LogP contribution in [0.1, 0.15) is 24.8 Å². The Morgan fingerprint density at radius 3 is 2.57 bits per heavy atom. The third kappa shape index (κ3) is 3.72. The quantitative estimate of drug-likeness (QED) is 0.778. The average Bonchev–Trinajstić information content (AvgIpc) is 3.22. The molecule has 1 atom stereocenters. The molecule has 5 heteroatoms. The number of likely N-dealkylation sites (tertiary alicyclic amines) is 1. The van der Waals surface area contributed by atoms with Gasteiger partial charge in [0.05, 0.1) is 13.0 Å². The maximum absolute atomic E-state index is 12.1. The summed E-state index contributed by atoms with van der Waals surface area (Å²) in [7, 11) is 1.37. The number of hydrogen-bond acceptors (Lipinski definition) is 4. The van der Waals surface area contributed by atoms with E-state index in [0.717, 1.165) is 18.7 Å². The molecule has 2 aliphatic rings. The standard InChI is InChI=1S/C18H24N2O3/c1-23-18(22)15-12-17(21)20(13-15)16-6-4-14(5-7-16)8-11-19-9-2-3-10-19/h4-7,15H,2-3,8-13H2,1H3. The fourth-order valence-corrected chi connectivity index (χ4v) is 3.42. The number of methoxy groups -OCH3 is 1. The van der Waals surface area contributed by atoms with E-state index in [4.69, 9.17) is 4.74 Å². The predicted molar refractivity (Wildman–Crippen MR) is 88.3 cm³/mol. The van der Waals surface area contributed by atoms with Gasteiger partial charge in [0.2, 0.25) is 5.91 Å². The zero-order valence-electron chi connectivity index (χ0n) is 13.7. The van der Waals surface area contributed by atoms with Gasteiger partial charge in [0.15, 0.2) is 0 Å². The lowest BCUT2D eigenvalue weighted by Gasteiger charge is -2.18. The number of nitrogens with zero attached hydrogens (tertiary/aromatic N) is 2. The molecule has 1 aromatic rings. The van der Waals surface area contributed by atoms with Crippen LogP contribution in [-0.4, -0.2) is 50.1 Å². The molecule has 5 nitrogen and oxygen atoms in total. The van der Waals surface area contributed by atoms with Crippen molar-refractivity contribution >= 4 is 17.6 Å². The lowest BCUT2D eigenvalue weighted by Crippen LogP contribution is -2.26. The van der Waals surface area contributed by atoms with E-state index in [0.29, 0.717) is 6.54 Å². The highest BCUT2D eigenvalue weighted by Crippen LogP contribution is 2.26. The Bertz CT molecular complexity index is 564. The van der Waals surface area contributed by atoms with Crippen LogP contribution in [0, 0.1) is 5.92 Å². The van der Waals surface area contributed by atoms with E-state index in [1.807, 2.05) is 12.1 Å². The second-order valence-electron chi connectivity index (χ2n) is 6.39. The Balaban J connectivity index is 1.58. The second kappa shape index (κ2) is 7.13. The minimum Gasteiger partial charge on any atom is -0.469 e. The zero-order chi connectivity index (χ0) is 16.2. The van der Waals surface area contributed by atoms with Crippen LogP contribution in [0.3, 0.4) is 0 Å². The molecule has 1 unspecified atom stereocenters. The molecular weight excluding hydrogens is 292 g/mol. The number of amides is 1. The van der Waals surface area contributed by atoms with Crippen LogP contribution in [0.2, 0.25) is 0 Å². The Morgan fingerprint density at radius 1 is 1.22 bits per heavy atom. The molecule has 2 aliphatic heterocycles. The second-order valence-corrected chi connectivity index (χ2v) is 6.39. The lowest BCUT2D eigenvalue weighted by atomic mass is 10.1. The van der Waals surface area contributed by atoms with Gasteiger partial charge in [-0.3, -0.25) is 9.59 Å². The summed E-state index contributed by atoms with van der Waals surface area (Å²) in [6.45, 7) is 3.95. The van der Waals surface area contributed by atoms with Gasteiger partial charge < -0.3 is 14.5 Å². The number of benzene rings is 1. The fraction of sp³-hybridized carbons (Fsp3) is 0.556. The van der Waals surface area contributed by atoms with Crippen LogP contribution >= 0.6 is 0 Å². The molecule has 124 valence electrons. The largest absolute Gasteiger partial charge is 0.469 e. The Labute approximate surface area is 137 Å². The number of anilines is 1. The van der Waals surface area contributed by atoms with E-state index < -0.39 is 0 Å². The first-order chi connectivity index (χ1) is 11.2. The minimum atomic E-state index is -0.345. The SMILES string of the molecule is COC(=O)C1CC(=O)N(c2ccc(CCN3CCCC3)cc2)C1. The average molecular weight is 316 g/mol. The molecule has 0 bridgehead atoms. The van der Waals surface area contributed by atoms with Crippen LogP contribution < -0.4 is 4.90 Å². The van der Waals surface area contributed by atoms with E-state index in [9.17, 15) is 9.59 Å². The van der Waals surface area contributed by atoms with Crippen molar-refractivity contribution in [3.8, 4) is 0 Å². The van der Waals surface area contributed by atoms with E-state index in [-0.39, 0.29) is 24.2 Å². The topological polar surface area (TPSA) is 49.9 Å². The third-order valence-electron chi connectivity index (χ3n) is 4.82. The van der Waals surface area contributed by atoms with Gasteiger partial charge in [-0.2, -0.15) is 0 Å². The van der Waals surface area contributed by atoms with Gasteiger partial charge in [-0.15, -0.1) is 0 Å². The molecule has 3 rings (SSSR count). The van der Waals surface area contributed by atoms with E-state index >= 15 is 0 Å². The van der Waals surface area contributed by atoms with Crippen LogP contribution in [0.5, 0.6) is 0 Å². The van der Waals surface area contributed by atoms with Crippen molar-refractivity contribution in [3.05, 3.63) is 29.8 Å². The summed E-state index contributed by atoms with van der Waals surface area (Å²) in [4.78, 5) is 27.9. The monoisotopic (exact) mass is 316 g/mol. The highest BCUT2D eigenvalue weighted by atomic mass is 16.5. The summed E-state index contributed by atoms with van der Waals surface area (Å²) in [5.74, 6) is -0.657. The fourth-order valence-electron chi connectivity index (χ4n) is 3.42. The summed E-state index contributed by atoms with van der Waals surface area (Å²) in [5.41, 5.74) is 2.16. The van der Waals surface area contributed by atoms with Crippen molar-refractivity contribution in [3.63, 3.8) is 0 Å². The van der Waals surface area contributed by atoms with Gasteiger partial charge in [0.25, 0.3) is 0 Å². The van der Waals surface area contributed by atoms with Crippen LogP contribution in [0.15, 0.2) is 24.3 Å². The zero-order valence-corrected chi connectivity index (χ0v) is 13.7. The molecule has 2 fully saturated rings. The number of ether oxygens (including phenoxy) is 1. The highest BCUT2D eigenvalue weighted by Gasteiger charge is 2.35. The molecule has 2 saturated heterocycles. The number of carbonyl (C=O) groups is 2. The summed E-state index contributed by atoms with van der Waals surface area (Å²) in [6, 6.07) is 8.14. The van der Waals surface area contributed by atoms with Crippen molar-refractivity contribution in [1.29, 1.82) is 0 Å². The molecular formula is C18H24N2O3. The third-order valence-corrected chi connectivity index (χ3v) is 4.82. The van der Waals surface area contributed by atoms with Gasteiger partial charge >= 0.3 is 5.97 Å². The predicted octanol–water partition coefficient (Wildman–Crippen LogP) is 1.85. The van der Waals surface area contributed by atoms with Gasteiger partial charge in [-0.05, 0) is 50.0 Å².